The first-order valence-corrected chi connectivity index (χ1v) is 9.34. The normalized spacial score (nSPS) is 10.6. The monoisotopic (exact) mass is 371 g/mol. The van der Waals surface area contributed by atoms with Gasteiger partial charge in [0.15, 0.2) is 11.5 Å². The summed E-state index contributed by atoms with van der Waals surface area (Å²) in [6, 6.07) is 12.9. The number of amides is 1. The number of nitrogens with one attached hydrogen (secondary N) is 1. The van der Waals surface area contributed by atoms with E-state index in [2.05, 4.69) is 26.1 Å². The minimum atomic E-state index is -0.143. The van der Waals surface area contributed by atoms with Crippen molar-refractivity contribution in [1.82, 2.24) is 5.32 Å². The number of hydrogen-bond donors (Lipinski definition) is 1. The van der Waals surface area contributed by atoms with E-state index in [1.807, 2.05) is 30.3 Å². The first-order chi connectivity index (χ1) is 13.0. The topological polar surface area (TPSA) is 56.8 Å². The van der Waals surface area contributed by atoms with Crippen LogP contribution in [0, 0.1) is 5.92 Å². The van der Waals surface area contributed by atoms with Gasteiger partial charge in [-0.15, -0.1) is 0 Å². The van der Waals surface area contributed by atoms with E-state index in [4.69, 9.17) is 14.2 Å². The molecule has 0 unspecified atom stereocenters. The molecule has 5 heteroatoms. The third-order valence-corrected chi connectivity index (χ3v) is 3.82. The Kier molecular flexibility index (Phi) is 7.99. The second kappa shape index (κ2) is 10.5. The van der Waals surface area contributed by atoms with E-state index in [-0.39, 0.29) is 5.91 Å². The molecular weight excluding hydrogens is 342 g/mol. The average molecular weight is 371 g/mol. The summed E-state index contributed by atoms with van der Waals surface area (Å²) >= 11 is 0. The van der Waals surface area contributed by atoms with E-state index in [1.165, 1.54) is 0 Å². The summed E-state index contributed by atoms with van der Waals surface area (Å²) in [4.78, 5) is 12.4. The third-order valence-electron chi connectivity index (χ3n) is 3.82. The summed E-state index contributed by atoms with van der Waals surface area (Å²) in [6.45, 7) is 7.89. The zero-order valence-corrected chi connectivity index (χ0v) is 16.6. The largest absolute Gasteiger partial charge is 0.493 e. The first-order valence-electron chi connectivity index (χ1n) is 9.34. The van der Waals surface area contributed by atoms with Gasteiger partial charge in [-0.25, -0.2) is 0 Å². The molecule has 1 N–H and O–H groups in total. The number of ether oxygens (including phenoxy) is 3. The molecule has 0 atom stereocenters. The number of rotatable bonds is 10. The van der Waals surface area contributed by atoms with Gasteiger partial charge in [0.2, 0.25) is 0 Å². The average Bonchev–Trinajstić information content (AvgIpc) is 2.69. The summed E-state index contributed by atoms with van der Waals surface area (Å²) in [5.41, 5.74) is 1.52. The Morgan fingerprint density at radius 2 is 1.89 bits per heavy atom. The molecular formula is C22H29NO4. The highest BCUT2D eigenvalue weighted by Crippen LogP contribution is 2.28. The molecule has 1 amide bonds. The molecule has 5 nitrogen and oxygen atoms in total. The third kappa shape index (κ3) is 6.51. The molecule has 0 spiro atoms. The van der Waals surface area contributed by atoms with Crippen LogP contribution in [-0.4, -0.2) is 26.2 Å². The second-order valence-electron chi connectivity index (χ2n) is 6.75. The Morgan fingerprint density at radius 1 is 1.07 bits per heavy atom. The maximum atomic E-state index is 12.4. The Morgan fingerprint density at radius 3 is 2.59 bits per heavy atom. The van der Waals surface area contributed by atoms with Crippen molar-refractivity contribution in [1.29, 1.82) is 0 Å². The summed E-state index contributed by atoms with van der Waals surface area (Å²) < 4.78 is 16.7. The lowest BCUT2D eigenvalue weighted by Gasteiger charge is -2.13. The highest BCUT2D eigenvalue weighted by atomic mass is 16.5. The number of carbonyl (C=O) groups excluding carboxylic acids is 1. The Hall–Kier alpha value is -2.69. The van der Waals surface area contributed by atoms with E-state index < -0.39 is 0 Å². The molecule has 0 saturated heterocycles. The van der Waals surface area contributed by atoms with Gasteiger partial charge in [0.1, 0.15) is 5.75 Å². The number of benzene rings is 2. The second-order valence-corrected chi connectivity index (χ2v) is 6.75. The highest BCUT2D eigenvalue weighted by Gasteiger charge is 2.09. The molecule has 27 heavy (non-hydrogen) atoms. The molecule has 0 aliphatic carbocycles. The van der Waals surface area contributed by atoms with E-state index in [9.17, 15) is 4.79 Å². The minimum absolute atomic E-state index is 0.143. The maximum Gasteiger partial charge on any atom is 0.251 e. The van der Waals surface area contributed by atoms with Gasteiger partial charge in [-0.3, -0.25) is 4.79 Å². The molecule has 0 aliphatic rings. The molecule has 146 valence electrons. The van der Waals surface area contributed by atoms with Crippen molar-refractivity contribution in [3.05, 3.63) is 53.6 Å². The van der Waals surface area contributed by atoms with E-state index in [0.29, 0.717) is 48.5 Å². The quantitative estimate of drug-likeness (QED) is 0.670. The van der Waals surface area contributed by atoms with Crippen LogP contribution in [0.15, 0.2) is 42.5 Å². The maximum absolute atomic E-state index is 12.4. The van der Waals surface area contributed by atoms with Gasteiger partial charge in [0.05, 0.1) is 20.3 Å². The van der Waals surface area contributed by atoms with Crippen molar-refractivity contribution in [2.75, 3.05) is 20.3 Å². The van der Waals surface area contributed by atoms with Gasteiger partial charge >= 0.3 is 0 Å². The molecule has 0 radical (unpaired) electrons. The van der Waals surface area contributed by atoms with Gasteiger partial charge in [0.25, 0.3) is 5.91 Å². The molecule has 0 heterocycles. The zero-order chi connectivity index (χ0) is 19.6. The van der Waals surface area contributed by atoms with E-state index >= 15 is 0 Å². The molecule has 0 bridgehead atoms. The van der Waals surface area contributed by atoms with Crippen LogP contribution in [-0.2, 0) is 6.54 Å². The lowest BCUT2D eigenvalue weighted by atomic mass is 10.1. The van der Waals surface area contributed by atoms with Crippen molar-refractivity contribution >= 4 is 5.91 Å². The van der Waals surface area contributed by atoms with Crippen LogP contribution in [0.1, 0.15) is 43.1 Å². The molecule has 0 saturated carbocycles. The van der Waals surface area contributed by atoms with Crippen LogP contribution in [0.2, 0.25) is 0 Å². The fourth-order valence-corrected chi connectivity index (χ4v) is 2.43. The first kappa shape index (κ1) is 20.6. The van der Waals surface area contributed by atoms with Crippen molar-refractivity contribution in [3.63, 3.8) is 0 Å². The molecule has 0 aromatic heterocycles. The summed E-state index contributed by atoms with van der Waals surface area (Å²) in [7, 11) is 1.61. The van der Waals surface area contributed by atoms with E-state index in [1.54, 1.807) is 19.2 Å². The summed E-state index contributed by atoms with van der Waals surface area (Å²) in [5.74, 6) is 2.37. The molecule has 2 rings (SSSR count). The standard InChI is InChI=1S/C22H29NO4/c1-5-11-26-20-10-9-17(12-21(20)25-4)14-23-22(24)18-7-6-8-19(13-18)27-15-16(2)3/h6-10,12-13,16H,5,11,14-15H2,1-4H3,(H,23,24). The Bertz CT molecular complexity index is 743. The van der Waals surface area contributed by atoms with Gasteiger partial charge < -0.3 is 19.5 Å². The minimum Gasteiger partial charge on any atom is -0.493 e. The number of methoxy groups -OCH3 is 1. The fraction of sp³-hybridized carbons (Fsp3) is 0.409. The van der Waals surface area contributed by atoms with Gasteiger partial charge in [-0.05, 0) is 48.2 Å². The van der Waals surface area contributed by atoms with Crippen molar-refractivity contribution < 1.29 is 19.0 Å². The predicted molar refractivity (Wildman–Crippen MR) is 107 cm³/mol. The van der Waals surface area contributed by atoms with Crippen LogP contribution in [0.4, 0.5) is 0 Å². The van der Waals surface area contributed by atoms with Crippen molar-refractivity contribution in [2.45, 2.75) is 33.7 Å². The smallest absolute Gasteiger partial charge is 0.251 e. The SMILES string of the molecule is CCCOc1ccc(CNC(=O)c2cccc(OCC(C)C)c2)cc1OC. The van der Waals surface area contributed by atoms with Crippen LogP contribution in [0.5, 0.6) is 17.2 Å². The lowest BCUT2D eigenvalue weighted by Crippen LogP contribution is -2.22. The van der Waals surface area contributed by atoms with Gasteiger partial charge in [0, 0.05) is 12.1 Å². The zero-order valence-electron chi connectivity index (χ0n) is 16.6. The van der Waals surface area contributed by atoms with Gasteiger partial charge in [-0.2, -0.15) is 0 Å². The van der Waals surface area contributed by atoms with Crippen LogP contribution in [0.3, 0.4) is 0 Å². The van der Waals surface area contributed by atoms with Crippen LogP contribution >= 0.6 is 0 Å². The number of hydrogen-bond acceptors (Lipinski definition) is 4. The fourth-order valence-electron chi connectivity index (χ4n) is 2.43. The molecule has 2 aromatic carbocycles. The predicted octanol–water partition coefficient (Wildman–Crippen LogP) is 4.45. The highest BCUT2D eigenvalue weighted by molar-refractivity contribution is 5.94. The van der Waals surface area contributed by atoms with Crippen molar-refractivity contribution in [3.8, 4) is 17.2 Å². The summed E-state index contributed by atoms with van der Waals surface area (Å²) in [6.07, 6.45) is 0.931. The molecule has 2 aromatic rings. The lowest BCUT2D eigenvalue weighted by molar-refractivity contribution is 0.0950. The number of carbonyl (C=O) groups is 1. The van der Waals surface area contributed by atoms with Crippen LogP contribution in [0.25, 0.3) is 0 Å². The van der Waals surface area contributed by atoms with Crippen LogP contribution < -0.4 is 19.5 Å². The van der Waals surface area contributed by atoms with Crippen molar-refractivity contribution in [2.24, 2.45) is 5.92 Å². The van der Waals surface area contributed by atoms with E-state index in [0.717, 1.165) is 12.0 Å². The molecule has 0 aliphatic heterocycles. The molecule has 0 fully saturated rings. The van der Waals surface area contributed by atoms with Gasteiger partial charge in [-0.1, -0.05) is 32.9 Å². The summed E-state index contributed by atoms with van der Waals surface area (Å²) in [5, 5.41) is 2.93. The Labute approximate surface area is 161 Å². The Balaban J connectivity index is 1.97.